The molecule has 0 radical (unpaired) electrons. The number of aliphatic hydroxyl groups is 1. The molecule has 0 bridgehead atoms. The third-order valence-corrected chi connectivity index (χ3v) is 4.73. The molecule has 3 rings (SSSR count). The van der Waals surface area contributed by atoms with E-state index in [0.717, 1.165) is 24.8 Å². The van der Waals surface area contributed by atoms with Crippen molar-refractivity contribution in [3.63, 3.8) is 0 Å². The second kappa shape index (κ2) is 3.21. The summed E-state index contributed by atoms with van der Waals surface area (Å²) >= 11 is 0. The van der Waals surface area contributed by atoms with E-state index in [2.05, 4.69) is 5.32 Å². The number of hydrogen-bond donors (Lipinski definition) is 2. The van der Waals surface area contributed by atoms with Crippen LogP contribution in [0.3, 0.4) is 0 Å². The molecular weight excluding hydrogens is 174 g/mol. The molecule has 0 aromatic rings. The lowest BCUT2D eigenvalue weighted by Crippen LogP contribution is -2.47. The highest BCUT2D eigenvalue weighted by Gasteiger charge is 2.47. The van der Waals surface area contributed by atoms with Gasteiger partial charge in [-0.05, 0) is 38.0 Å². The Kier molecular flexibility index (Phi) is 2.10. The molecule has 3 atom stereocenters. The molecule has 1 aliphatic heterocycles. The van der Waals surface area contributed by atoms with Gasteiger partial charge in [-0.1, -0.05) is 19.3 Å². The van der Waals surface area contributed by atoms with Crippen LogP contribution >= 0.6 is 0 Å². The average molecular weight is 195 g/mol. The molecule has 0 aromatic carbocycles. The summed E-state index contributed by atoms with van der Waals surface area (Å²) in [6.07, 6.45) is 9.89. The molecule has 0 unspecified atom stereocenters. The standard InChI is InChI=1S/C12H21NO/c14-12(6-1-2-7-12)11-8-9-4-3-5-10(9)13-11/h9-11,13-14H,1-8H2/t9-,10-,11-/m1/s1. The van der Waals surface area contributed by atoms with Gasteiger partial charge in [0.25, 0.3) is 0 Å². The van der Waals surface area contributed by atoms with Crippen LogP contribution in [0.1, 0.15) is 51.4 Å². The maximum atomic E-state index is 10.5. The van der Waals surface area contributed by atoms with Crippen molar-refractivity contribution < 1.29 is 5.11 Å². The van der Waals surface area contributed by atoms with Gasteiger partial charge in [0.1, 0.15) is 0 Å². The van der Waals surface area contributed by atoms with Gasteiger partial charge in [0.2, 0.25) is 0 Å². The third-order valence-electron chi connectivity index (χ3n) is 4.73. The van der Waals surface area contributed by atoms with Crippen LogP contribution in [-0.2, 0) is 0 Å². The first kappa shape index (κ1) is 9.17. The summed E-state index contributed by atoms with van der Waals surface area (Å²) in [4.78, 5) is 0. The first-order chi connectivity index (χ1) is 6.78. The monoisotopic (exact) mass is 195 g/mol. The predicted octanol–water partition coefficient (Wildman–Crippen LogP) is 1.82. The minimum Gasteiger partial charge on any atom is -0.388 e. The van der Waals surface area contributed by atoms with Crippen LogP contribution in [-0.4, -0.2) is 22.8 Å². The maximum absolute atomic E-state index is 10.5. The number of hydrogen-bond acceptors (Lipinski definition) is 2. The summed E-state index contributed by atoms with van der Waals surface area (Å²) in [5.41, 5.74) is -0.343. The minimum atomic E-state index is -0.343. The highest BCUT2D eigenvalue weighted by Crippen LogP contribution is 2.42. The van der Waals surface area contributed by atoms with E-state index in [0.29, 0.717) is 6.04 Å². The van der Waals surface area contributed by atoms with Crippen molar-refractivity contribution in [1.82, 2.24) is 5.32 Å². The highest BCUT2D eigenvalue weighted by atomic mass is 16.3. The van der Waals surface area contributed by atoms with E-state index in [1.165, 1.54) is 38.5 Å². The van der Waals surface area contributed by atoms with E-state index in [9.17, 15) is 5.11 Å². The molecule has 2 nitrogen and oxygen atoms in total. The summed E-state index contributed by atoms with van der Waals surface area (Å²) < 4.78 is 0. The van der Waals surface area contributed by atoms with Crippen LogP contribution in [0.4, 0.5) is 0 Å². The molecule has 0 aromatic heterocycles. The molecule has 0 amide bonds. The van der Waals surface area contributed by atoms with Gasteiger partial charge in [-0.15, -0.1) is 0 Å². The normalized spacial score (nSPS) is 45.6. The Balaban J connectivity index is 1.70. The zero-order chi connectivity index (χ0) is 9.60. The maximum Gasteiger partial charge on any atom is 0.0800 e. The van der Waals surface area contributed by atoms with Gasteiger partial charge in [0.15, 0.2) is 0 Å². The molecule has 2 N–H and O–H groups in total. The van der Waals surface area contributed by atoms with Gasteiger partial charge in [-0.25, -0.2) is 0 Å². The SMILES string of the molecule is OC1([C@H]2C[C@H]3CCC[C@H]3N2)CCCC1. The largest absolute Gasteiger partial charge is 0.388 e. The van der Waals surface area contributed by atoms with Crippen LogP contribution in [0.15, 0.2) is 0 Å². The van der Waals surface area contributed by atoms with E-state index in [1.54, 1.807) is 0 Å². The second-order valence-corrected chi connectivity index (χ2v) is 5.56. The Bertz CT molecular complexity index is 210. The Morgan fingerprint density at radius 2 is 1.86 bits per heavy atom. The molecule has 80 valence electrons. The fraction of sp³-hybridized carbons (Fsp3) is 1.00. The van der Waals surface area contributed by atoms with Gasteiger partial charge in [-0.3, -0.25) is 0 Å². The van der Waals surface area contributed by atoms with E-state index in [1.807, 2.05) is 0 Å². The van der Waals surface area contributed by atoms with Gasteiger partial charge < -0.3 is 10.4 Å². The molecule has 1 saturated heterocycles. The number of fused-ring (bicyclic) bond motifs is 1. The number of nitrogens with one attached hydrogen (secondary N) is 1. The Morgan fingerprint density at radius 1 is 1.07 bits per heavy atom. The summed E-state index contributed by atoms with van der Waals surface area (Å²) in [7, 11) is 0. The predicted molar refractivity (Wildman–Crippen MR) is 56.1 cm³/mol. The Hall–Kier alpha value is -0.0800. The van der Waals surface area contributed by atoms with Crippen molar-refractivity contribution >= 4 is 0 Å². The molecule has 0 spiro atoms. The summed E-state index contributed by atoms with van der Waals surface area (Å²) in [6, 6.07) is 1.16. The van der Waals surface area contributed by atoms with Crippen LogP contribution in [0.5, 0.6) is 0 Å². The zero-order valence-corrected chi connectivity index (χ0v) is 8.84. The quantitative estimate of drug-likeness (QED) is 0.669. The molecule has 3 fully saturated rings. The summed E-state index contributed by atoms with van der Waals surface area (Å²) in [5, 5.41) is 14.2. The summed E-state index contributed by atoms with van der Waals surface area (Å²) in [5.74, 6) is 0.879. The molecule has 3 aliphatic rings. The van der Waals surface area contributed by atoms with E-state index < -0.39 is 0 Å². The van der Waals surface area contributed by atoms with Crippen molar-refractivity contribution in [2.45, 2.75) is 69.1 Å². The minimum absolute atomic E-state index is 0.343. The summed E-state index contributed by atoms with van der Waals surface area (Å²) in [6.45, 7) is 0. The topological polar surface area (TPSA) is 32.3 Å². The van der Waals surface area contributed by atoms with Gasteiger partial charge >= 0.3 is 0 Å². The van der Waals surface area contributed by atoms with Gasteiger partial charge in [0.05, 0.1) is 5.60 Å². The lowest BCUT2D eigenvalue weighted by Gasteiger charge is -2.30. The lowest BCUT2D eigenvalue weighted by molar-refractivity contribution is 0.0115. The Morgan fingerprint density at radius 3 is 2.57 bits per heavy atom. The third kappa shape index (κ3) is 1.31. The number of rotatable bonds is 1. The first-order valence-electron chi connectivity index (χ1n) is 6.26. The van der Waals surface area contributed by atoms with Crippen molar-refractivity contribution in [1.29, 1.82) is 0 Å². The lowest BCUT2D eigenvalue weighted by atomic mass is 9.88. The zero-order valence-electron chi connectivity index (χ0n) is 8.84. The van der Waals surface area contributed by atoms with Gasteiger partial charge in [-0.2, -0.15) is 0 Å². The van der Waals surface area contributed by atoms with E-state index in [-0.39, 0.29) is 5.60 Å². The molecule has 2 aliphatic carbocycles. The van der Waals surface area contributed by atoms with Crippen molar-refractivity contribution in [3.05, 3.63) is 0 Å². The first-order valence-corrected chi connectivity index (χ1v) is 6.26. The molecule has 14 heavy (non-hydrogen) atoms. The van der Waals surface area contributed by atoms with Crippen LogP contribution < -0.4 is 5.32 Å². The molecule has 2 heteroatoms. The van der Waals surface area contributed by atoms with Crippen LogP contribution in [0.2, 0.25) is 0 Å². The van der Waals surface area contributed by atoms with Gasteiger partial charge in [0, 0.05) is 12.1 Å². The second-order valence-electron chi connectivity index (χ2n) is 5.56. The van der Waals surface area contributed by atoms with E-state index in [4.69, 9.17) is 0 Å². The fourth-order valence-electron chi connectivity index (χ4n) is 3.88. The van der Waals surface area contributed by atoms with Crippen molar-refractivity contribution in [2.75, 3.05) is 0 Å². The van der Waals surface area contributed by atoms with E-state index >= 15 is 0 Å². The van der Waals surface area contributed by atoms with Crippen LogP contribution in [0, 0.1) is 5.92 Å². The molecular formula is C12H21NO. The van der Waals surface area contributed by atoms with Crippen molar-refractivity contribution in [3.8, 4) is 0 Å². The van der Waals surface area contributed by atoms with Crippen molar-refractivity contribution in [2.24, 2.45) is 5.92 Å². The molecule has 1 heterocycles. The highest BCUT2D eigenvalue weighted by molar-refractivity contribution is 5.04. The Labute approximate surface area is 86.1 Å². The smallest absolute Gasteiger partial charge is 0.0800 e. The fourth-order valence-corrected chi connectivity index (χ4v) is 3.88. The molecule has 2 saturated carbocycles. The average Bonchev–Trinajstić information content (AvgIpc) is 2.75. The van der Waals surface area contributed by atoms with Crippen LogP contribution in [0.25, 0.3) is 0 Å².